The van der Waals surface area contributed by atoms with Crippen LogP contribution in [0.1, 0.15) is 32.9 Å². The third-order valence-corrected chi connectivity index (χ3v) is 5.41. The molecule has 3 N–H and O–H groups in total. The number of nitrogens with one attached hydrogen (secondary N) is 1. The molecule has 2 heterocycles. The summed E-state index contributed by atoms with van der Waals surface area (Å²) in [4.78, 5) is 23.9. The van der Waals surface area contributed by atoms with E-state index < -0.39 is 0 Å². The van der Waals surface area contributed by atoms with Crippen LogP contribution in [-0.4, -0.2) is 34.2 Å². The van der Waals surface area contributed by atoms with Crippen molar-refractivity contribution in [1.82, 2.24) is 14.5 Å². The van der Waals surface area contributed by atoms with Crippen molar-refractivity contribution in [3.05, 3.63) is 58.8 Å². The number of nitrogens with zero attached hydrogens (tertiary/aromatic N) is 4. The molecule has 2 aromatic heterocycles. The topological polar surface area (TPSA) is 89.1 Å². The second-order valence-electron chi connectivity index (χ2n) is 8.05. The molecule has 3 rings (SSSR count). The fourth-order valence-electron chi connectivity index (χ4n) is 3.43. The maximum absolute atomic E-state index is 12.7. The van der Waals surface area contributed by atoms with Crippen LogP contribution in [0, 0.1) is 5.41 Å². The van der Waals surface area contributed by atoms with Gasteiger partial charge in [0.15, 0.2) is 5.82 Å². The Hall–Kier alpha value is -2.93. The molecule has 2 aromatic rings. The molecule has 1 unspecified atom stereocenters. The Morgan fingerprint density at radius 3 is 2.86 bits per heavy atom. The highest BCUT2D eigenvalue weighted by atomic mass is 16.1. The zero-order chi connectivity index (χ0) is 21.2. The average Bonchev–Trinajstić information content (AvgIpc) is 2.68. The number of aryl methyl sites for hydroxylation is 1. The molecule has 154 valence electrons. The van der Waals surface area contributed by atoms with Gasteiger partial charge in [0.1, 0.15) is 5.82 Å². The van der Waals surface area contributed by atoms with Gasteiger partial charge in [-0.05, 0) is 18.1 Å². The molecular weight excluding hydrogens is 364 g/mol. The third kappa shape index (κ3) is 4.24. The van der Waals surface area contributed by atoms with E-state index in [9.17, 15) is 4.79 Å². The Labute approximate surface area is 172 Å². The van der Waals surface area contributed by atoms with Gasteiger partial charge in [-0.15, -0.1) is 0 Å². The Balaban J connectivity index is 1.98. The van der Waals surface area contributed by atoms with Crippen LogP contribution in [0.4, 0.5) is 17.3 Å². The van der Waals surface area contributed by atoms with Gasteiger partial charge in [-0.25, -0.2) is 9.97 Å². The molecule has 0 aliphatic heterocycles. The summed E-state index contributed by atoms with van der Waals surface area (Å²) in [5.74, 6) is 1.12. The zero-order valence-electron chi connectivity index (χ0n) is 17.8. The molecule has 0 saturated carbocycles. The first-order chi connectivity index (χ1) is 13.7. The van der Waals surface area contributed by atoms with Crippen molar-refractivity contribution in [2.24, 2.45) is 18.2 Å². The van der Waals surface area contributed by atoms with E-state index in [1.807, 2.05) is 37.4 Å². The Kier molecular flexibility index (Phi) is 5.88. The maximum atomic E-state index is 12.7. The normalized spacial score (nSPS) is 17.7. The number of rotatable bonds is 6. The van der Waals surface area contributed by atoms with Crippen LogP contribution in [0.3, 0.4) is 0 Å². The zero-order valence-corrected chi connectivity index (χ0v) is 17.8. The first-order valence-electron chi connectivity index (χ1n) is 9.91. The number of aromatic nitrogens is 3. The lowest BCUT2D eigenvalue weighted by molar-refractivity contribution is 0.437. The van der Waals surface area contributed by atoms with Crippen molar-refractivity contribution in [2.45, 2.75) is 33.2 Å². The van der Waals surface area contributed by atoms with Gasteiger partial charge in [0.2, 0.25) is 0 Å². The van der Waals surface area contributed by atoms with Gasteiger partial charge >= 0.3 is 0 Å². The summed E-state index contributed by atoms with van der Waals surface area (Å²) < 4.78 is 1.55. The van der Waals surface area contributed by atoms with Crippen molar-refractivity contribution in [2.75, 3.05) is 23.8 Å². The SMILES string of the molecule is CCCN(C)c1cc(Nc2nc(C3=CC=CC(N)C3(C)C)cn(C)c2=O)ccn1. The smallest absolute Gasteiger partial charge is 0.293 e. The molecule has 0 bridgehead atoms. The van der Waals surface area contributed by atoms with Gasteiger partial charge in [-0.2, -0.15) is 0 Å². The average molecular weight is 395 g/mol. The van der Waals surface area contributed by atoms with Crippen LogP contribution in [0.2, 0.25) is 0 Å². The minimum atomic E-state index is -0.289. The lowest BCUT2D eigenvalue weighted by Crippen LogP contribution is -2.38. The molecule has 1 aliphatic carbocycles. The second kappa shape index (κ2) is 8.21. The van der Waals surface area contributed by atoms with Crippen LogP contribution in [0.25, 0.3) is 5.57 Å². The monoisotopic (exact) mass is 394 g/mol. The van der Waals surface area contributed by atoms with Crippen molar-refractivity contribution < 1.29 is 0 Å². The van der Waals surface area contributed by atoms with Gasteiger partial charge in [0.05, 0.1) is 5.69 Å². The molecule has 7 nitrogen and oxygen atoms in total. The summed E-state index contributed by atoms with van der Waals surface area (Å²) in [5, 5.41) is 3.18. The van der Waals surface area contributed by atoms with Gasteiger partial charge in [-0.1, -0.05) is 39.0 Å². The third-order valence-electron chi connectivity index (χ3n) is 5.41. The minimum absolute atomic E-state index is 0.116. The fraction of sp³-hybridized carbons (Fsp3) is 0.409. The van der Waals surface area contributed by atoms with Crippen LogP contribution < -0.4 is 21.5 Å². The molecule has 0 fully saturated rings. The predicted molar refractivity (Wildman–Crippen MR) is 119 cm³/mol. The summed E-state index contributed by atoms with van der Waals surface area (Å²) in [7, 11) is 3.74. The molecule has 7 heteroatoms. The van der Waals surface area contributed by atoms with E-state index in [1.165, 1.54) is 0 Å². The lowest BCUT2D eigenvalue weighted by Gasteiger charge is -2.34. The molecular formula is C22H30N6O. The Bertz CT molecular complexity index is 1000. The van der Waals surface area contributed by atoms with Crippen LogP contribution >= 0.6 is 0 Å². The summed E-state index contributed by atoms with van der Waals surface area (Å²) in [6, 6.07) is 3.64. The predicted octanol–water partition coefficient (Wildman–Crippen LogP) is 3.07. The molecule has 29 heavy (non-hydrogen) atoms. The number of anilines is 3. The first-order valence-corrected chi connectivity index (χ1v) is 9.91. The highest BCUT2D eigenvalue weighted by Gasteiger charge is 2.33. The van der Waals surface area contributed by atoms with E-state index in [-0.39, 0.29) is 22.8 Å². The molecule has 0 amide bonds. The molecule has 0 saturated heterocycles. The Morgan fingerprint density at radius 1 is 1.38 bits per heavy atom. The molecule has 0 aromatic carbocycles. The van der Waals surface area contributed by atoms with E-state index in [0.29, 0.717) is 0 Å². The van der Waals surface area contributed by atoms with Crippen molar-refractivity contribution in [1.29, 1.82) is 0 Å². The van der Waals surface area contributed by atoms with Crippen LogP contribution in [-0.2, 0) is 7.05 Å². The number of hydrogen-bond donors (Lipinski definition) is 2. The standard InChI is InChI=1S/C22H30N6O/c1-6-12-27(4)19-13-15(10-11-24-19)25-20-21(29)28(5)14-17(26-20)16-8-7-9-18(23)22(16,2)3/h7-11,13-14,18H,6,12,23H2,1-5H3,(H,24,25,26). The van der Waals surface area contributed by atoms with Crippen molar-refractivity contribution >= 4 is 22.9 Å². The lowest BCUT2D eigenvalue weighted by atomic mass is 9.73. The summed E-state index contributed by atoms with van der Waals surface area (Å²) in [5.41, 5.74) is 8.32. The summed E-state index contributed by atoms with van der Waals surface area (Å²) in [6.45, 7) is 7.21. The van der Waals surface area contributed by atoms with E-state index in [0.717, 1.165) is 35.7 Å². The highest BCUT2D eigenvalue weighted by molar-refractivity contribution is 5.72. The maximum Gasteiger partial charge on any atom is 0.293 e. The van der Waals surface area contributed by atoms with Gasteiger partial charge in [0.25, 0.3) is 5.56 Å². The largest absolute Gasteiger partial charge is 0.360 e. The van der Waals surface area contributed by atoms with Gasteiger partial charge in [-0.3, -0.25) is 4.79 Å². The molecule has 0 spiro atoms. The molecule has 1 aliphatic rings. The Morgan fingerprint density at radius 2 is 2.14 bits per heavy atom. The van der Waals surface area contributed by atoms with E-state index in [1.54, 1.807) is 24.0 Å². The van der Waals surface area contributed by atoms with Crippen LogP contribution in [0.15, 0.2) is 47.5 Å². The summed E-state index contributed by atoms with van der Waals surface area (Å²) >= 11 is 0. The van der Waals surface area contributed by atoms with E-state index in [2.05, 4.69) is 41.0 Å². The van der Waals surface area contributed by atoms with Crippen LogP contribution in [0.5, 0.6) is 0 Å². The fourth-order valence-corrected chi connectivity index (χ4v) is 3.43. The molecule has 1 atom stereocenters. The van der Waals surface area contributed by atoms with Crippen molar-refractivity contribution in [3.63, 3.8) is 0 Å². The van der Waals surface area contributed by atoms with E-state index in [4.69, 9.17) is 5.73 Å². The van der Waals surface area contributed by atoms with E-state index >= 15 is 0 Å². The first kappa shape index (κ1) is 20.8. The summed E-state index contributed by atoms with van der Waals surface area (Å²) in [6.07, 6.45) is 10.5. The second-order valence-corrected chi connectivity index (χ2v) is 8.05. The number of nitrogens with two attached hydrogens (primary N) is 1. The molecule has 0 radical (unpaired) electrons. The van der Waals surface area contributed by atoms with Gasteiger partial charge < -0.3 is 20.5 Å². The quantitative estimate of drug-likeness (QED) is 0.783. The number of hydrogen-bond acceptors (Lipinski definition) is 6. The van der Waals surface area contributed by atoms with Crippen molar-refractivity contribution in [3.8, 4) is 0 Å². The highest BCUT2D eigenvalue weighted by Crippen LogP contribution is 2.39. The van der Waals surface area contributed by atoms with Gasteiger partial charge in [0, 0.05) is 56.2 Å². The number of pyridine rings is 1. The number of allylic oxidation sites excluding steroid dienone is 2. The minimum Gasteiger partial charge on any atom is -0.360 e.